The molecular weight excluding hydrogens is 500 g/mol. The second kappa shape index (κ2) is 11.2. The maximum atomic E-state index is 12.9. The molecular formula is C20H23BrN6O4S. The van der Waals surface area contributed by atoms with Crippen molar-refractivity contribution in [2.45, 2.75) is 20.2 Å². The van der Waals surface area contributed by atoms with Gasteiger partial charge in [-0.25, -0.2) is 19.9 Å². The van der Waals surface area contributed by atoms with E-state index in [9.17, 15) is 8.42 Å². The fourth-order valence-electron chi connectivity index (χ4n) is 2.09. The summed E-state index contributed by atoms with van der Waals surface area (Å²) in [6.45, 7) is -4.14. The Hall–Kier alpha value is -2.83. The van der Waals surface area contributed by atoms with Gasteiger partial charge in [0, 0.05) is 28.8 Å². The Balaban J connectivity index is 2.14. The number of aryl methyl sites for hydroxylation is 1. The molecule has 2 aromatic heterocycles. The van der Waals surface area contributed by atoms with Crippen molar-refractivity contribution in [2.75, 3.05) is 24.4 Å². The molecule has 0 atom stereocenters. The van der Waals surface area contributed by atoms with Crippen molar-refractivity contribution in [1.29, 1.82) is 0 Å². The number of benzene rings is 1. The first-order chi connectivity index (χ1) is 19.2. The van der Waals surface area contributed by atoms with Crippen molar-refractivity contribution in [1.82, 2.24) is 24.7 Å². The molecule has 2 N–H and O–H groups in total. The number of nitrogens with one attached hydrogen (secondary N) is 2. The molecule has 1 aromatic carbocycles. The Bertz CT molecular complexity index is 1560. The van der Waals surface area contributed by atoms with E-state index in [1.807, 2.05) is 4.72 Å². The number of hydrogen-bond acceptors (Lipinski definition) is 8. The van der Waals surface area contributed by atoms with Crippen LogP contribution in [0.2, 0.25) is 0 Å². The van der Waals surface area contributed by atoms with Crippen LogP contribution in [0.5, 0.6) is 11.9 Å². The summed E-state index contributed by atoms with van der Waals surface area (Å²) >= 11 is 2.96. The lowest BCUT2D eigenvalue weighted by molar-refractivity contribution is 0.202. The first kappa shape index (κ1) is 13.7. The Kier molecular flexibility index (Phi) is 4.76. The predicted molar refractivity (Wildman–Crippen MR) is 124 cm³/mol. The average Bonchev–Trinajstić information content (AvgIpc) is 2.86. The van der Waals surface area contributed by atoms with Crippen molar-refractivity contribution in [3.63, 3.8) is 0 Å². The van der Waals surface area contributed by atoms with Gasteiger partial charge in [-0.05, 0) is 36.5 Å². The van der Waals surface area contributed by atoms with Gasteiger partial charge in [-0.3, -0.25) is 4.72 Å². The van der Waals surface area contributed by atoms with Crippen LogP contribution in [0.3, 0.4) is 0 Å². The summed E-state index contributed by atoms with van der Waals surface area (Å²) < 4.78 is 120. The zero-order valence-corrected chi connectivity index (χ0v) is 19.0. The van der Waals surface area contributed by atoms with Gasteiger partial charge in [0.2, 0.25) is 5.88 Å². The summed E-state index contributed by atoms with van der Waals surface area (Å²) in [6.07, 6.45) is 0.905. The van der Waals surface area contributed by atoms with E-state index in [0.29, 0.717) is 5.56 Å². The average molecular weight is 533 g/mol. The smallest absolute Gasteiger partial charge is 0.316 e. The van der Waals surface area contributed by atoms with Gasteiger partial charge in [0.15, 0.2) is 5.82 Å². The van der Waals surface area contributed by atoms with Crippen LogP contribution < -0.4 is 18.9 Å². The van der Waals surface area contributed by atoms with Crippen LogP contribution in [-0.2, 0) is 10.2 Å². The Morgan fingerprint density at radius 2 is 1.84 bits per heavy atom. The van der Waals surface area contributed by atoms with Gasteiger partial charge < -0.3 is 9.47 Å². The van der Waals surface area contributed by atoms with Crippen molar-refractivity contribution in [3.8, 4) is 23.0 Å². The highest BCUT2D eigenvalue weighted by Crippen LogP contribution is 2.34. The maximum Gasteiger partial charge on any atom is 0.316 e. The summed E-state index contributed by atoms with van der Waals surface area (Å²) in [6, 6.07) is -2.76. The molecule has 0 saturated heterocycles. The normalized spacial score (nSPS) is 17.1. The molecule has 0 aliphatic rings. The third kappa shape index (κ3) is 6.84. The van der Waals surface area contributed by atoms with Crippen LogP contribution in [0.25, 0.3) is 11.1 Å². The molecule has 32 heavy (non-hydrogen) atoms. The zero-order chi connectivity index (χ0) is 31.8. The molecule has 0 aliphatic carbocycles. The Morgan fingerprint density at radius 1 is 1.12 bits per heavy atom. The molecule has 0 spiro atoms. The van der Waals surface area contributed by atoms with E-state index in [-0.39, 0.29) is 10.5 Å². The molecule has 2 heterocycles. The number of hydrogen-bond donors (Lipinski definition) is 2. The Labute approximate surface area is 209 Å². The molecule has 0 amide bonds. The molecule has 0 bridgehead atoms. The number of ether oxygens (including phenoxy) is 2. The third-order valence-electron chi connectivity index (χ3n) is 3.38. The SMILES string of the molecule is [2H]c1c([2H])c(-c2c(NS(=O)(=O)NC([2H])([2H])C([2H])([2H])C)ncnc2OC([2H])([2H])COc2ncc(C)cn2)c([2H])c([2H])c1Br. The molecule has 10 nitrogen and oxygen atoms in total. The van der Waals surface area contributed by atoms with E-state index in [0.717, 1.165) is 13.3 Å². The molecule has 0 aliphatic heterocycles. The van der Waals surface area contributed by atoms with Crippen molar-refractivity contribution in [2.24, 2.45) is 0 Å². The number of anilines is 1. The van der Waals surface area contributed by atoms with Gasteiger partial charge in [-0.15, -0.1) is 0 Å². The fourth-order valence-corrected chi connectivity index (χ4v) is 2.98. The minimum absolute atomic E-state index is 0.187. The summed E-state index contributed by atoms with van der Waals surface area (Å²) in [4.78, 5) is 15.4. The lowest BCUT2D eigenvalue weighted by Gasteiger charge is -2.15. The summed E-state index contributed by atoms with van der Waals surface area (Å²) in [5, 5.41) is 0. The highest BCUT2D eigenvalue weighted by Gasteiger charge is 2.19. The van der Waals surface area contributed by atoms with E-state index in [2.05, 4.69) is 35.9 Å². The first-order valence-corrected chi connectivity index (χ1v) is 11.0. The van der Waals surface area contributed by atoms with Gasteiger partial charge in [0.05, 0.1) is 13.8 Å². The van der Waals surface area contributed by atoms with Crippen LogP contribution in [0.4, 0.5) is 5.82 Å². The minimum Gasteiger partial charge on any atom is -0.473 e. The largest absolute Gasteiger partial charge is 0.473 e. The highest BCUT2D eigenvalue weighted by molar-refractivity contribution is 9.10. The van der Waals surface area contributed by atoms with Gasteiger partial charge >= 0.3 is 6.01 Å². The molecule has 170 valence electrons. The first-order valence-electron chi connectivity index (χ1n) is 13.7. The minimum atomic E-state index is -4.99. The fraction of sp³-hybridized carbons (Fsp3) is 0.300. The van der Waals surface area contributed by atoms with E-state index in [4.69, 9.17) is 23.2 Å². The van der Waals surface area contributed by atoms with E-state index in [1.54, 1.807) is 6.92 Å². The van der Waals surface area contributed by atoms with Crippen molar-refractivity contribution < 1.29 is 31.6 Å². The van der Waals surface area contributed by atoms with Gasteiger partial charge in [-0.1, -0.05) is 34.9 Å². The van der Waals surface area contributed by atoms with Gasteiger partial charge in [0.1, 0.15) is 19.5 Å². The summed E-state index contributed by atoms with van der Waals surface area (Å²) in [7, 11) is -4.99. The van der Waals surface area contributed by atoms with Crippen LogP contribution in [0, 0.1) is 6.92 Å². The molecule has 3 aromatic rings. The Morgan fingerprint density at radius 3 is 2.53 bits per heavy atom. The second-order valence-corrected chi connectivity index (χ2v) is 7.96. The second-order valence-electron chi connectivity index (χ2n) is 5.75. The number of rotatable bonds is 11. The van der Waals surface area contributed by atoms with Crippen LogP contribution in [0.1, 0.15) is 32.6 Å². The molecule has 0 unspecified atom stereocenters. The van der Waals surface area contributed by atoms with E-state index in [1.165, 1.54) is 17.1 Å². The quantitative estimate of drug-likeness (QED) is 0.385. The van der Waals surface area contributed by atoms with Crippen molar-refractivity contribution in [3.05, 3.63) is 52.9 Å². The number of halogens is 1. The lowest BCUT2D eigenvalue weighted by Crippen LogP contribution is -2.31. The topological polar surface area (TPSA) is 128 Å². The van der Waals surface area contributed by atoms with E-state index < -0.39 is 83.2 Å². The van der Waals surface area contributed by atoms with E-state index >= 15 is 0 Å². The van der Waals surface area contributed by atoms with Crippen LogP contribution >= 0.6 is 15.9 Å². The molecule has 12 heteroatoms. The maximum absolute atomic E-state index is 12.9. The highest BCUT2D eigenvalue weighted by atomic mass is 79.9. The van der Waals surface area contributed by atoms with Gasteiger partial charge in [0.25, 0.3) is 10.2 Å². The molecule has 3 rings (SSSR count). The van der Waals surface area contributed by atoms with Crippen LogP contribution in [-0.4, -0.2) is 48.0 Å². The summed E-state index contributed by atoms with van der Waals surface area (Å²) in [5.41, 5.74) is -0.508. The third-order valence-corrected chi connectivity index (χ3v) is 4.61. The van der Waals surface area contributed by atoms with Crippen LogP contribution in [0.15, 0.2) is 47.4 Å². The lowest BCUT2D eigenvalue weighted by atomic mass is 10.1. The molecule has 0 radical (unpaired) electrons. The molecule has 0 saturated carbocycles. The summed E-state index contributed by atoms with van der Waals surface area (Å²) in [5.74, 6) is -1.50. The monoisotopic (exact) mass is 532 g/mol. The van der Waals surface area contributed by atoms with Crippen molar-refractivity contribution >= 4 is 32.0 Å². The molecule has 0 fully saturated rings. The predicted octanol–water partition coefficient (Wildman–Crippen LogP) is 3.12. The standard InChI is InChI=1S/C20H23BrN6O4S/c1-3-8-26-32(28,29)27-18-17(15-4-6-16(21)7-5-15)19(25-13-24-18)30-9-10-31-20-22-11-14(2)12-23-20/h4-7,11-13,26H,3,8-10H2,1-2H3,(H,24,25,27)/i3D2,4D,5D,6D,7D,8D2,9D2. The number of nitrogens with zero attached hydrogens (tertiary/aromatic N) is 4. The zero-order valence-electron chi connectivity index (χ0n) is 26.6. The number of aromatic nitrogens is 4. The van der Waals surface area contributed by atoms with Gasteiger partial charge in [-0.2, -0.15) is 13.1 Å².